The molecule has 2 aliphatic rings. The third-order valence-corrected chi connectivity index (χ3v) is 2.87. The molecule has 1 saturated heterocycles. The van der Waals surface area contributed by atoms with Crippen LogP contribution in [0, 0.1) is 0 Å². The van der Waals surface area contributed by atoms with Crippen LogP contribution >= 0.6 is 0 Å². The molecule has 2 fully saturated rings. The van der Waals surface area contributed by atoms with Gasteiger partial charge in [0.15, 0.2) is 5.82 Å². The third kappa shape index (κ3) is 1.37. The lowest BCUT2D eigenvalue weighted by atomic mass is 10.3. The van der Waals surface area contributed by atoms with Gasteiger partial charge in [0, 0.05) is 25.0 Å². The summed E-state index contributed by atoms with van der Waals surface area (Å²) in [7, 11) is 0. The van der Waals surface area contributed by atoms with Gasteiger partial charge < -0.3 is 15.2 Å². The SMILES string of the molecule is NC1CCN(c2nc(C3CC3)no2)C1. The highest BCUT2D eigenvalue weighted by molar-refractivity contribution is 5.28. The van der Waals surface area contributed by atoms with Crippen LogP contribution in [0.4, 0.5) is 6.01 Å². The molecule has 2 heterocycles. The van der Waals surface area contributed by atoms with Crippen LogP contribution < -0.4 is 10.6 Å². The first kappa shape index (κ1) is 8.23. The molecule has 1 aromatic heterocycles. The molecule has 0 aromatic carbocycles. The number of hydrogen-bond acceptors (Lipinski definition) is 5. The summed E-state index contributed by atoms with van der Waals surface area (Å²) in [6, 6.07) is 0.908. The van der Waals surface area contributed by atoms with Gasteiger partial charge in [0.1, 0.15) is 0 Å². The molecule has 14 heavy (non-hydrogen) atoms. The van der Waals surface area contributed by atoms with Gasteiger partial charge in [0.2, 0.25) is 0 Å². The van der Waals surface area contributed by atoms with E-state index < -0.39 is 0 Å². The Bertz CT molecular complexity index is 333. The Morgan fingerprint density at radius 1 is 1.36 bits per heavy atom. The van der Waals surface area contributed by atoms with E-state index in [4.69, 9.17) is 10.3 Å². The maximum Gasteiger partial charge on any atom is 0.324 e. The minimum Gasteiger partial charge on any atom is -0.326 e. The van der Waals surface area contributed by atoms with Crippen LogP contribution in [0.25, 0.3) is 0 Å². The minimum absolute atomic E-state index is 0.256. The van der Waals surface area contributed by atoms with Crippen LogP contribution in [-0.4, -0.2) is 29.3 Å². The van der Waals surface area contributed by atoms with Crippen LogP contribution in [0.2, 0.25) is 0 Å². The second-order valence-electron chi connectivity index (χ2n) is 4.20. The van der Waals surface area contributed by atoms with Crippen molar-refractivity contribution in [3.63, 3.8) is 0 Å². The first-order valence-electron chi connectivity index (χ1n) is 5.17. The first-order chi connectivity index (χ1) is 6.83. The largest absolute Gasteiger partial charge is 0.326 e. The quantitative estimate of drug-likeness (QED) is 0.741. The Balaban J connectivity index is 1.75. The molecule has 1 aromatic rings. The summed E-state index contributed by atoms with van der Waals surface area (Å²) in [6.45, 7) is 1.78. The summed E-state index contributed by atoms with van der Waals surface area (Å²) in [5.41, 5.74) is 5.81. The number of rotatable bonds is 2. The fourth-order valence-corrected chi connectivity index (χ4v) is 1.82. The fraction of sp³-hybridized carbons (Fsp3) is 0.778. The van der Waals surface area contributed by atoms with Crippen molar-refractivity contribution < 1.29 is 4.52 Å². The van der Waals surface area contributed by atoms with Gasteiger partial charge in [-0.3, -0.25) is 0 Å². The van der Waals surface area contributed by atoms with Gasteiger partial charge in [-0.25, -0.2) is 0 Å². The highest BCUT2D eigenvalue weighted by Gasteiger charge is 2.31. The zero-order valence-electron chi connectivity index (χ0n) is 8.02. The normalized spacial score (nSPS) is 27.2. The van der Waals surface area contributed by atoms with E-state index in [0.717, 1.165) is 25.3 Å². The second-order valence-corrected chi connectivity index (χ2v) is 4.20. The van der Waals surface area contributed by atoms with Gasteiger partial charge >= 0.3 is 6.01 Å². The Hall–Kier alpha value is -1.10. The van der Waals surface area contributed by atoms with Crippen molar-refractivity contribution in [2.75, 3.05) is 18.0 Å². The van der Waals surface area contributed by atoms with Crippen LogP contribution in [0.1, 0.15) is 31.0 Å². The Kier molecular flexibility index (Phi) is 1.73. The average molecular weight is 194 g/mol. The number of nitrogens with zero attached hydrogens (tertiary/aromatic N) is 3. The molecule has 76 valence electrons. The zero-order valence-corrected chi connectivity index (χ0v) is 8.02. The van der Waals surface area contributed by atoms with Crippen LogP contribution in [-0.2, 0) is 0 Å². The van der Waals surface area contributed by atoms with Gasteiger partial charge in [-0.15, -0.1) is 0 Å². The molecule has 1 saturated carbocycles. The Labute approximate surface area is 82.3 Å². The zero-order chi connectivity index (χ0) is 9.54. The van der Waals surface area contributed by atoms with E-state index in [9.17, 15) is 0 Å². The van der Waals surface area contributed by atoms with E-state index in [1.165, 1.54) is 12.8 Å². The smallest absolute Gasteiger partial charge is 0.324 e. The molecule has 1 aliphatic heterocycles. The Morgan fingerprint density at radius 3 is 2.86 bits per heavy atom. The van der Waals surface area contributed by atoms with Gasteiger partial charge in [0.05, 0.1) is 0 Å². The molecular weight excluding hydrogens is 180 g/mol. The van der Waals surface area contributed by atoms with Crippen molar-refractivity contribution in [1.29, 1.82) is 0 Å². The molecule has 0 bridgehead atoms. The van der Waals surface area contributed by atoms with Crippen molar-refractivity contribution in [2.45, 2.75) is 31.2 Å². The third-order valence-electron chi connectivity index (χ3n) is 2.87. The molecule has 1 aliphatic carbocycles. The highest BCUT2D eigenvalue weighted by Crippen LogP contribution is 2.38. The molecule has 2 N–H and O–H groups in total. The average Bonchev–Trinajstić information content (AvgIpc) is 2.76. The number of aromatic nitrogens is 2. The summed E-state index contributed by atoms with van der Waals surface area (Å²) < 4.78 is 5.21. The fourth-order valence-electron chi connectivity index (χ4n) is 1.82. The minimum atomic E-state index is 0.256. The summed E-state index contributed by atoms with van der Waals surface area (Å²) >= 11 is 0. The topological polar surface area (TPSA) is 68.2 Å². The van der Waals surface area contributed by atoms with Gasteiger partial charge in [-0.1, -0.05) is 5.16 Å². The van der Waals surface area contributed by atoms with Crippen molar-refractivity contribution in [1.82, 2.24) is 10.1 Å². The van der Waals surface area contributed by atoms with E-state index in [-0.39, 0.29) is 6.04 Å². The van der Waals surface area contributed by atoms with E-state index in [1.54, 1.807) is 0 Å². The van der Waals surface area contributed by atoms with E-state index in [2.05, 4.69) is 15.0 Å². The lowest BCUT2D eigenvalue weighted by Gasteiger charge is -2.10. The number of hydrogen-bond donors (Lipinski definition) is 1. The first-order valence-corrected chi connectivity index (χ1v) is 5.17. The standard InChI is InChI=1S/C9H14N4O/c10-7-3-4-13(5-7)9-11-8(12-14-9)6-1-2-6/h6-7H,1-5,10H2. The van der Waals surface area contributed by atoms with Crippen molar-refractivity contribution in [2.24, 2.45) is 5.73 Å². The summed E-state index contributed by atoms with van der Waals surface area (Å²) in [6.07, 6.45) is 3.43. The summed E-state index contributed by atoms with van der Waals surface area (Å²) in [5.74, 6) is 1.43. The highest BCUT2D eigenvalue weighted by atomic mass is 16.5. The van der Waals surface area contributed by atoms with Gasteiger partial charge in [0.25, 0.3) is 0 Å². The molecule has 0 amide bonds. The van der Waals surface area contributed by atoms with Gasteiger partial charge in [-0.05, 0) is 19.3 Å². The number of anilines is 1. The molecular formula is C9H14N4O. The molecule has 3 rings (SSSR count). The van der Waals surface area contributed by atoms with Crippen molar-refractivity contribution in [3.05, 3.63) is 5.82 Å². The predicted octanol–water partition coefficient (Wildman–Crippen LogP) is 0.484. The number of nitrogens with two attached hydrogens (primary N) is 1. The van der Waals surface area contributed by atoms with E-state index in [1.807, 2.05) is 0 Å². The van der Waals surface area contributed by atoms with Crippen LogP contribution in [0.3, 0.4) is 0 Å². The molecule has 5 nitrogen and oxygen atoms in total. The van der Waals surface area contributed by atoms with E-state index in [0.29, 0.717) is 11.9 Å². The molecule has 1 unspecified atom stereocenters. The predicted molar refractivity (Wildman–Crippen MR) is 51.1 cm³/mol. The van der Waals surface area contributed by atoms with Crippen molar-refractivity contribution >= 4 is 6.01 Å². The summed E-state index contributed by atoms with van der Waals surface area (Å²) in [5, 5.41) is 3.98. The molecule has 0 spiro atoms. The maximum atomic E-state index is 5.81. The lowest BCUT2D eigenvalue weighted by molar-refractivity contribution is 0.410. The molecule has 5 heteroatoms. The van der Waals surface area contributed by atoms with Crippen LogP contribution in [0.15, 0.2) is 4.52 Å². The van der Waals surface area contributed by atoms with Crippen LogP contribution in [0.5, 0.6) is 0 Å². The molecule has 0 radical (unpaired) electrons. The maximum absolute atomic E-state index is 5.81. The second kappa shape index (κ2) is 2.95. The molecule has 1 atom stereocenters. The lowest BCUT2D eigenvalue weighted by Crippen LogP contribution is -2.26. The summed E-state index contributed by atoms with van der Waals surface area (Å²) in [4.78, 5) is 6.45. The van der Waals surface area contributed by atoms with Gasteiger partial charge in [-0.2, -0.15) is 4.98 Å². The van der Waals surface area contributed by atoms with Crippen molar-refractivity contribution in [3.8, 4) is 0 Å². The monoisotopic (exact) mass is 194 g/mol. The Morgan fingerprint density at radius 2 is 2.21 bits per heavy atom. The van der Waals surface area contributed by atoms with E-state index >= 15 is 0 Å².